The normalized spacial score (nSPS) is 12.5. The number of rotatable bonds is 11. The second kappa shape index (κ2) is 10.2. The van der Waals surface area contributed by atoms with Crippen molar-refractivity contribution in [3.8, 4) is 6.01 Å². The number of pyridine rings is 1. The zero-order chi connectivity index (χ0) is 23.5. The Kier molecular flexibility index (Phi) is 7.82. The minimum Gasteiger partial charge on any atom is -0.462 e. The van der Waals surface area contributed by atoms with Gasteiger partial charge in [-0.15, -0.1) is 0 Å². The predicted molar refractivity (Wildman–Crippen MR) is 121 cm³/mol. The van der Waals surface area contributed by atoms with E-state index in [2.05, 4.69) is 23.8 Å². The van der Waals surface area contributed by atoms with Crippen LogP contribution >= 0.6 is 8.38 Å². The van der Waals surface area contributed by atoms with Crippen molar-refractivity contribution < 1.29 is 28.0 Å². The Bertz CT molecular complexity index is 1080. The third-order valence-electron chi connectivity index (χ3n) is 4.89. The highest BCUT2D eigenvalue weighted by atomic mass is 31.2. The summed E-state index contributed by atoms with van der Waals surface area (Å²) in [6.07, 6.45) is -0.637. The number of aromatic nitrogens is 3. The number of hydrogen-bond donors (Lipinski definition) is 3. The smallest absolute Gasteiger partial charge is 0.314 e. The van der Waals surface area contributed by atoms with Gasteiger partial charge in [-0.3, -0.25) is 4.57 Å². The fourth-order valence-electron chi connectivity index (χ4n) is 3.43. The van der Waals surface area contributed by atoms with E-state index >= 15 is 0 Å². The number of nitrogens with two attached hydrogens (primary N) is 1. The first-order chi connectivity index (χ1) is 15.1. The van der Waals surface area contributed by atoms with Crippen LogP contribution in [0, 0.1) is 12.8 Å². The molecule has 0 spiro atoms. The molecule has 0 aliphatic carbocycles. The van der Waals surface area contributed by atoms with Gasteiger partial charge in [-0.1, -0.05) is 26.0 Å². The van der Waals surface area contributed by atoms with Crippen LogP contribution in [0.3, 0.4) is 0 Å². The lowest BCUT2D eigenvalue weighted by Crippen LogP contribution is -2.15. The summed E-state index contributed by atoms with van der Waals surface area (Å²) in [5.41, 5.74) is 6.02. The van der Waals surface area contributed by atoms with Gasteiger partial charge in [0.1, 0.15) is 12.1 Å². The van der Waals surface area contributed by atoms with Gasteiger partial charge in [-0.25, -0.2) is 4.98 Å². The first-order valence-electron chi connectivity index (χ1n) is 10.4. The lowest BCUT2D eigenvalue weighted by Gasteiger charge is -2.16. The maximum Gasteiger partial charge on any atom is 0.314 e. The summed E-state index contributed by atoms with van der Waals surface area (Å²) in [5, 5.41) is 0.938. The van der Waals surface area contributed by atoms with Crippen LogP contribution in [0.1, 0.15) is 32.3 Å². The summed E-state index contributed by atoms with van der Waals surface area (Å²) < 4.78 is 39.5. The Morgan fingerprint density at radius 3 is 2.62 bits per heavy atom. The molecular formula is C21H29F2N4O4P. The molecule has 0 fully saturated rings. The van der Waals surface area contributed by atoms with E-state index in [1.165, 1.54) is 0 Å². The molecule has 0 bridgehead atoms. The number of ether oxygens (including phenoxy) is 2. The van der Waals surface area contributed by atoms with Gasteiger partial charge in [0.05, 0.1) is 17.6 Å². The summed E-state index contributed by atoms with van der Waals surface area (Å²) in [5.74, 6) is 0.654. The van der Waals surface area contributed by atoms with Gasteiger partial charge in [0.15, 0.2) is 5.82 Å². The first-order valence-corrected chi connectivity index (χ1v) is 11.7. The van der Waals surface area contributed by atoms with Gasteiger partial charge < -0.3 is 25.0 Å². The summed E-state index contributed by atoms with van der Waals surface area (Å²) in [7, 11) is -3.28. The second-order valence-electron chi connectivity index (χ2n) is 8.13. The number of aryl methyl sites for hydroxylation is 1. The Morgan fingerprint density at radius 1 is 1.19 bits per heavy atom. The number of nitrogen functional groups attached to an aromatic ring is 1. The van der Waals surface area contributed by atoms with E-state index in [9.17, 15) is 8.78 Å². The molecule has 8 nitrogen and oxygen atoms in total. The number of benzene rings is 1. The average Bonchev–Trinajstić information content (AvgIpc) is 3.05. The van der Waals surface area contributed by atoms with Crippen LogP contribution in [0.5, 0.6) is 6.01 Å². The molecule has 0 radical (unpaired) electrons. The maximum atomic E-state index is 13.2. The highest BCUT2D eigenvalue weighted by Crippen LogP contribution is 2.47. The van der Waals surface area contributed by atoms with Crippen molar-refractivity contribution in [2.45, 2.75) is 45.8 Å². The van der Waals surface area contributed by atoms with Gasteiger partial charge >= 0.3 is 5.66 Å². The molecule has 0 atom stereocenters. The molecule has 2 heterocycles. The topological polar surface area (TPSA) is 116 Å². The monoisotopic (exact) mass is 470 g/mol. The molecule has 0 saturated heterocycles. The van der Waals surface area contributed by atoms with E-state index in [1.807, 2.05) is 29.7 Å². The minimum atomic E-state index is -3.48. The standard InChI is InChI=1S/C21H29F2N4O4P/c1-13(2)12-27-18-15-6-5-14(3)11-16(15)25-19(24)17(18)26-20(27)31-10-9-30-8-4-7-21(22,23)32(28)29/h5-6,11,13,28-29H,4,7-10,12H2,1-3H3,(H2,24,25). The molecule has 0 aliphatic rings. The highest BCUT2D eigenvalue weighted by Gasteiger charge is 2.37. The lowest BCUT2D eigenvalue weighted by atomic mass is 10.1. The molecule has 11 heteroatoms. The Labute approximate surface area is 186 Å². The summed E-state index contributed by atoms with van der Waals surface area (Å²) in [4.78, 5) is 26.4. The molecule has 32 heavy (non-hydrogen) atoms. The molecular weight excluding hydrogens is 441 g/mol. The van der Waals surface area contributed by atoms with Crippen LogP contribution in [0.25, 0.3) is 21.9 Å². The summed E-state index contributed by atoms with van der Waals surface area (Å²) in [6.45, 7) is 7.26. The van der Waals surface area contributed by atoms with E-state index < -0.39 is 20.5 Å². The SMILES string of the molecule is Cc1ccc2c(c1)nc(N)c1nc(OCCOCCCC(F)(F)P(O)O)n(CC(C)C)c12. The Morgan fingerprint density at radius 2 is 1.94 bits per heavy atom. The fourth-order valence-corrected chi connectivity index (χ4v) is 3.78. The number of halogens is 2. The summed E-state index contributed by atoms with van der Waals surface area (Å²) in [6, 6.07) is 6.40. The van der Waals surface area contributed by atoms with Gasteiger partial charge in [-0.05, 0) is 30.9 Å². The molecule has 4 N–H and O–H groups in total. The number of imidazole rings is 1. The molecule has 1 aromatic carbocycles. The molecule has 0 aliphatic heterocycles. The number of alkyl halides is 2. The van der Waals surface area contributed by atoms with Crippen LogP contribution < -0.4 is 10.5 Å². The van der Waals surface area contributed by atoms with Crippen molar-refractivity contribution in [3.05, 3.63) is 23.8 Å². The maximum absolute atomic E-state index is 13.2. The van der Waals surface area contributed by atoms with Crippen LogP contribution in [0.4, 0.5) is 14.6 Å². The van der Waals surface area contributed by atoms with Gasteiger partial charge in [0.2, 0.25) is 8.38 Å². The number of hydrogen-bond acceptors (Lipinski definition) is 7. The van der Waals surface area contributed by atoms with Crippen molar-refractivity contribution in [1.82, 2.24) is 14.5 Å². The van der Waals surface area contributed by atoms with E-state index in [-0.39, 0.29) is 26.2 Å². The van der Waals surface area contributed by atoms with Gasteiger partial charge in [-0.2, -0.15) is 13.8 Å². The van der Waals surface area contributed by atoms with Crippen molar-refractivity contribution in [2.24, 2.45) is 5.92 Å². The molecule has 3 aromatic rings. The van der Waals surface area contributed by atoms with E-state index in [0.29, 0.717) is 29.8 Å². The Balaban J connectivity index is 1.71. The molecule has 0 amide bonds. The predicted octanol–water partition coefficient (Wildman–Crippen LogP) is 4.20. The van der Waals surface area contributed by atoms with Gasteiger partial charge in [0, 0.05) is 25.0 Å². The molecule has 0 saturated carbocycles. The van der Waals surface area contributed by atoms with E-state index in [4.69, 9.17) is 25.0 Å². The third kappa shape index (κ3) is 5.61. The quantitative estimate of drug-likeness (QED) is 0.284. The van der Waals surface area contributed by atoms with Crippen LogP contribution in [0.2, 0.25) is 0 Å². The highest BCUT2D eigenvalue weighted by molar-refractivity contribution is 7.46. The zero-order valence-corrected chi connectivity index (χ0v) is 19.3. The Hall–Kier alpha value is -2.13. The molecule has 0 unspecified atom stereocenters. The van der Waals surface area contributed by atoms with Crippen molar-refractivity contribution in [3.63, 3.8) is 0 Å². The van der Waals surface area contributed by atoms with Crippen molar-refractivity contribution in [1.29, 1.82) is 0 Å². The van der Waals surface area contributed by atoms with Crippen LogP contribution in [-0.2, 0) is 11.3 Å². The largest absolute Gasteiger partial charge is 0.462 e. The van der Waals surface area contributed by atoms with Gasteiger partial charge in [0.25, 0.3) is 6.01 Å². The van der Waals surface area contributed by atoms with Crippen LogP contribution in [0.15, 0.2) is 18.2 Å². The second-order valence-corrected chi connectivity index (χ2v) is 9.37. The minimum absolute atomic E-state index is 0.00637. The zero-order valence-electron chi connectivity index (χ0n) is 18.4. The lowest BCUT2D eigenvalue weighted by molar-refractivity contribution is 0.0427. The van der Waals surface area contributed by atoms with E-state index in [1.54, 1.807) is 0 Å². The first kappa shape index (κ1) is 24.5. The fraction of sp³-hybridized carbons (Fsp3) is 0.524. The third-order valence-corrected chi connectivity index (χ3v) is 5.70. The van der Waals surface area contributed by atoms with E-state index in [0.717, 1.165) is 22.0 Å². The number of nitrogens with zero attached hydrogens (tertiary/aromatic N) is 3. The molecule has 176 valence electrons. The van der Waals surface area contributed by atoms with Crippen LogP contribution in [-0.4, -0.2) is 49.8 Å². The molecule has 2 aromatic heterocycles. The number of anilines is 1. The number of fused-ring (bicyclic) bond motifs is 3. The molecule has 3 rings (SSSR count). The van der Waals surface area contributed by atoms with Crippen molar-refractivity contribution in [2.75, 3.05) is 25.6 Å². The summed E-state index contributed by atoms with van der Waals surface area (Å²) >= 11 is 0. The average molecular weight is 470 g/mol. The van der Waals surface area contributed by atoms with Crippen molar-refractivity contribution >= 4 is 36.1 Å².